The number of thioether (sulfide) groups is 3. The first-order valence-electron chi connectivity index (χ1n) is 46.1. The number of fused-ring (bicyclic) bond motifs is 15. The van der Waals surface area contributed by atoms with Gasteiger partial charge in [0, 0.05) is 147 Å². The molecule has 0 unspecified atom stereocenters. The molecule has 13 atom stereocenters. The molecule has 12 rings (SSSR count). The van der Waals surface area contributed by atoms with E-state index >= 15 is 33.6 Å². The number of carboxylic acid groups (broad SMARTS) is 1. The lowest BCUT2D eigenvalue weighted by atomic mass is 9.97. The van der Waals surface area contributed by atoms with Crippen LogP contribution in [-0.2, 0) is 134 Å². The number of carboxylic acids is 1. The van der Waals surface area contributed by atoms with Crippen molar-refractivity contribution >= 4 is 158 Å². The van der Waals surface area contributed by atoms with Crippen LogP contribution in [0.5, 0.6) is 0 Å². The molecule has 137 heavy (non-hydrogen) atoms. The van der Waals surface area contributed by atoms with Gasteiger partial charge in [0.15, 0.2) is 0 Å². The number of para-hydroxylation sites is 2. The van der Waals surface area contributed by atoms with Gasteiger partial charge in [-0.1, -0.05) is 137 Å². The summed E-state index contributed by atoms with van der Waals surface area (Å²) in [6.07, 6.45) is 0.0727. The van der Waals surface area contributed by atoms with E-state index in [0.29, 0.717) is 72.7 Å². The monoisotopic (exact) mass is 1940 g/mol. The van der Waals surface area contributed by atoms with Crippen LogP contribution in [0.25, 0.3) is 21.8 Å². The third-order valence-electron chi connectivity index (χ3n) is 24.7. The fourth-order valence-corrected chi connectivity index (χ4v) is 20.1. The molecule has 0 radical (unpaired) electrons. The summed E-state index contributed by atoms with van der Waals surface area (Å²) in [4.78, 5) is 261. The van der Waals surface area contributed by atoms with Crippen LogP contribution in [0, 0.1) is 11.8 Å². The summed E-state index contributed by atoms with van der Waals surface area (Å²) in [5.41, 5.74) is 18.5. The van der Waals surface area contributed by atoms with E-state index in [4.69, 9.17) is 11.5 Å². The molecule has 7 heterocycles. The molecule has 7 aromatic rings. The summed E-state index contributed by atoms with van der Waals surface area (Å²) < 4.78 is 0. The highest BCUT2D eigenvalue weighted by Crippen LogP contribution is 2.29. The van der Waals surface area contributed by atoms with Crippen LogP contribution in [0.2, 0.25) is 0 Å². The van der Waals surface area contributed by atoms with Crippen LogP contribution < -0.4 is 70.0 Å². The predicted molar refractivity (Wildman–Crippen MR) is 514 cm³/mol. The number of aromatic amines is 2. The number of H-pyrrole nitrogens is 2. The highest BCUT2D eigenvalue weighted by molar-refractivity contribution is 7.99. The van der Waals surface area contributed by atoms with Crippen LogP contribution in [0.3, 0.4) is 0 Å². The standard InChI is InChI=1S/C96H121N19O19S3/c1-53(2)82-94(132)105-71(40-81(121)122)87(125)101-43-77(117)102-69(38-62-41-99-66-23-8-6-21-64(62)66)89(127)110-83(54(3)4)96(134)115-31-14-26-75(115)93(131)106-72(85(98)123)50-135-32-28-78(118)112-44-56-15-10-17-58(35-56)46-113-47-60-19-12-20-61(37-60)49-114(48-59-18-11-16-57(36-59)45-112)80(120)30-34-137-52-74(107-86(124)55(5)97)92(130)111-84-76(116)27-13-25-68(103-95(84)133)88(126)108-73(51-136-33-29-79(113)119)91(129)104-70(90(128)109-82)39-63-42-100-67-24-9-7-22-65(63)67/h6-12,15-24,35-37,41-42,53-55,68-76,82-84,99-100,116H,13-14,25-34,38-40,43-52,97H2,1-5H3,(H2,98,123)(H,101,125)(H,102,117)(H,103,133)(H,104,129)(H,105,132)(H,106,131)(H,107,124)(H,108,126)(H,109,128)(H,110,127)(H,111,130)(H,121,122)/t55-,68-,69-,70-,71-,72-,73-,74-,75-,76+,82-,83-,84-/m0/s1. The second-order valence-electron chi connectivity index (χ2n) is 35.9. The maximum Gasteiger partial charge on any atom is 0.305 e. The molecule has 0 aliphatic carbocycles. The number of aliphatic hydroxyl groups is 1. The third-order valence-corrected chi connectivity index (χ3v) is 27.9. The van der Waals surface area contributed by atoms with E-state index in [1.165, 1.54) is 37.4 Å². The number of nitrogens with two attached hydrogens (primary N) is 2. The fraction of sp³-hybridized carbons (Fsp3) is 0.469. The minimum atomic E-state index is -1.94. The lowest BCUT2D eigenvalue weighted by Crippen LogP contribution is -2.63. The Morgan fingerprint density at radius 2 is 0.934 bits per heavy atom. The van der Waals surface area contributed by atoms with Gasteiger partial charge >= 0.3 is 5.97 Å². The first-order valence-corrected chi connectivity index (χ1v) is 49.5. The summed E-state index contributed by atoms with van der Waals surface area (Å²) in [5, 5.41) is 52.4. The van der Waals surface area contributed by atoms with Crippen molar-refractivity contribution in [2.24, 2.45) is 23.3 Å². The molecule has 2 fully saturated rings. The van der Waals surface area contributed by atoms with Gasteiger partial charge in [0.05, 0.1) is 25.1 Å². The molecule has 732 valence electrons. The molecule has 2 aromatic heterocycles. The number of primary amides is 1. The number of amides is 16. The van der Waals surface area contributed by atoms with Gasteiger partial charge in [0.1, 0.15) is 66.5 Å². The Kier molecular flexibility index (Phi) is 36.7. The van der Waals surface area contributed by atoms with Gasteiger partial charge in [0.2, 0.25) is 94.5 Å². The average Bonchev–Trinajstić information content (AvgIpc) is 1.67. The lowest BCUT2D eigenvalue weighted by Gasteiger charge is -2.32. The van der Waals surface area contributed by atoms with E-state index in [9.17, 15) is 58.2 Å². The van der Waals surface area contributed by atoms with Crippen molar-refractivity contribution in [3.63, 3.8) is 0 Å². The molecule has 5 aliphatic rings. The molecular weight excluding hydrogens is 1820 g/mol. The molecule has 12 bridgehead atoms. The number of benzene rings is 5. The van der Waals surface area contributed by atoms with Gasteiger partial charge in [-0.3, -0.25) is 81.5 Å². The Labute approximate surface area is 805 Å². The average molecular weight is 1940 g/mol. The Morgan fingerprint density at radius 3 is 1.43 bits per heavy atom. The van der Waals surface area contributed by atoms with Crippen LogP contribution in [0.4, 0.5) is 0 Å². The van der Waals surface area contributed by atoms with Crippen LogP contribution >= 0.6 is 35.3 Å². The molecule has 16 amide bonds. The topological polar surface area (TPSA) is 560 Å². The number of hydrogen-bond donors (Lipinski definition) is 17. The zero-order valence-electron chi connectivity index (χ0n) is 77.0. The number of aromatic nitrogens is 2. The van der Waals surface area contributed by atoms with E-state index in [1.807, 2.05) is 72.8 Å². The van der Waals surface area contributed by atoms with Crippen molar-refractivity contribution in [2.75, 3.05) is 47.6 Å². The van der Waals surface area contributed by atoms with Gasteiger partial charge < -0.3 is 110 Å². The smallest absolute Gasteiger partial charge is 0.305 e. The highest BCUT2D eigenvalue weighted by Gasteiger charge is 2.43. The molecule has 19 N–H and O–H groups in total. The van der Waals surface area contributed by atoms with Crippen molar-refractivity contribution in [1.29, 1.82) is 0 Å². The second kappa shape index (κ2) is 48.7. The third kappa shape index (κ3) is 28.7. The predicted octanol–water partition coefficient (Wildman–Crippen LogP) is 1.55. The molecule has 5 aromatic carbocycles. The Balaban J connectivity index is 0.920. The van der Waals surface area contributed by atoms with Gasteiger partial charge in [-0.2, -0.15) is 35.3 Å². The summed E-state index contributed by atoms with van der Waals surface area (Å²) in [5.74, 6) is -16.4. The first-order chi connectivity index (χ1) is 65.6. The van der Waals surface area contributed by atoms with Crippen LogP contribution in [-0.4, -0.2) is 266 Å². The van der Waals surface area contributed by atoms with E-state index in [0.717, 1.165) is 23.5 Å². The molecular formula is C96H121N19O19S3. The Hall–Kier alpha value is -12.9. The van der Waals surface area contributed by atoms with Crippen LogP contribution in [0.15, 0.2) is 134 Å². The minimum Gasteiger partial charge on any atom is -0.481 e. The zero-order chi connectivity index (χ0) is 98.3. The summed E-state index contributed by atoms with van der Waals surface area (Å²) in [6.45, 7) is 7.23. The largest absolute Gasteiger partial charge is 0.481 e. The van der Waals surface area contributed by atoms with Gasteiger partial charge in [-0.05, 0) is 108 Å². The summed E-state index contributed by atoms with van der Waals surface area (Å²) >= 11 is 3.38. The maximum absolute atomic E-state index is 15.7. The SMILES string of the molecule is CC(C)[C@@H]1NC(=O)[C@H](Cc2c[nH]c3ccccc23)NC(=O)[C@@H]2CSCCC(=O)N3Cc4cccc(c4)CN(Cc4cccc(c4)CN(Cc4cccc(c4)C3)C(=O)CCSC[C@H](NC(=O)[C@H](C)N)C(=O)N[C@@H]3C(=O)N[C@@H](CCC[C@H]3O)C(=O)N2)C(=O)CCSC[C@@H](C(N)=O)NC(=O)[C@@H]2CCCN2C(=O)[C@H](C(C)C)NC(=O)[C@H](Cc2c[nH]c3ccccc23)NC(=O)CNC(=O)[C@H](CC(=O)O)NC1=O. The first kappa shape index (κ1) is 103. The molecule has 2 saturated heterocycles. The number of carbonyl (C=O) groups is 17. The number of aliphatic carboxylic acids is 1. The van der Waals surface area contributed by atoms with E-state index in [-0.39, 0.29) is 156 Å². The zero-order valence-corrected chi connectivity index (χ0v) is 79.5. The van der Waals surface area contributed by atoms with Crippen molar-refractivity contribution in [3.8, 4) is 0 Å². The van der Waals surface area contributed by atoms with E-state index in [2.05, 4.69) is 68.5 Å². The number of rotatable bonds is 11. The second-order valence-corrected chi connectivity index (χ2v) is 39.4. The number of carbonyl (C=O) groups excluding carboxylic acids is 16. The number of hydrogen-bond acceptors (Lipinski definition) is 22. The summed E-state index contributed by atoms with van der Waals surface area (Å²) in [7, 11) is 0. The molecule has 5 aliphatic heterocycles. The fourth-order valence-electron chi connectivity index (χ4n) is 17.2. The van der Waals surface area contributed by atoms with E-state index in [1.54, 1.807) is 89.5 Å². The lowest BCUT2D eigenvalue weighted by molar-refractivity contribution is -0.143. The van der Waals surface area contributed by atoms with Crippen molar-refractivity contribution < 1.29 is 91.7 Å². The van der Waals surface area contributed by atoms with Crippen molar-refractivity contribution in [2.45, 2.75) is 223 Å². The normalized spacial score (nSPS) is 24.6. The molecule has 41 heteroatoms. The molecule has 38 nitrogen and oxygen atoms in total. The minimum absolute atomic E-state index is 0.00663. The van der Waals surface area contributed by atoms with Gasteiger partial charge in [-0.15, -0.1) is 0 Å². The number of nitrogens with one attached hydrogen (secondary N) is 13. The Bertz CT molecular complexity index is 5620. The Morgan fingerprint density at radius 1 is 0.467 bits per heavy atom. The number of nitrogens with zero attached hydrogens (tertiary/aromatic N) is 4. The van der Waals surface area contributed by atoms with Crippen LogP contribution in [0.1, 0.15) is 137 Å². The quantitative estimate of drug-likeness (QED) is 0.0873. The van der Waals surface area contributed by atoms with Crippen molar-refractivity contribution in [1.82, 2.24) is 88.1 Å². The van der Waals surface area contributed by atoms with Gasteiger partial charge in [0.25, 0.3) is 0 Å². The van der Waals surface area contributed by atoms with Gasteiger partial charge in [-0.25, -0.2) is 0 Å². The molecule has 0 spiro atoms. The maximum atomic E-state index is 15.7. The highest BCUT2D eigenvalue weighted by atomic mass is 32.2. The van der Waals surface area contributed by atoms with Crippen molar-refractivity contribution in [3.05, 3.63) is 178 Å². The summed E-state index contributed by atoms with van der Waals surface area (Å²) in [6, 6.07) is 18.6. The van der Waals surface area contributed by atoms with E-state index < -0.39 is 186 Å². The number of aliphatic hydroxyl groups excluding tert-OH is 1. The molecule has 0 saturated carbocycles.